The molecule has 0 saturated heterocycles. The fourth-order valence-electron chi connectivity index (χ4n) is 4.00. The van der Waals surface area contributed by atoms with Crippen LogP contribution in [0, 0.1) is 0 Å². The van der Waals surface area contributed by atoms with Crippen molar-refractivity contribution >= 4 is 32.7 Å². The van der Waals surface area contributed by atoms with Gasteiger partial charge in [0.2, 0.25) is 0 Å². The molecule has 7 nitrogen and oxygen atoms in total. The minimum Gasteiger partial charge on any atom is -0.494 e. The molecule has 5 rings (SSSR count). The predicted octanol–water partition coefficient (Wildman–Crippen LogP) is 5.80. The van der Waals surface area contributed by atoms with E-state index in [0.717, 1.165) is 16.8 Å². The van der Waals surface area contributed by atoms with Crippen molar-refractivity contribution in [1.82, 2.24) is 18.7 Å². The van der Waals surface area contributed by atoms with Crippen molar-refractivity contribution in [3.05, 3.63) is 97.7 Å². The zero-order valence-electron chi connectivity index (χ0n) is 19.6. The van der Waals surface area contributed by atoms with Crippen molar-refractivity contribution in [1.29, 1.82) is 0 Å². The Morgan fingerprint density at radius 1 is 0.972 bits per heavy atom. The van der Waals surface area contributed by atoms with Crippen LogP contribution in [0.4, 0.5) is 0 Å². The Kier molecular flexibility index (Phi) is 6.67. The van der Waals surface area contributed by atoms with Crippen LogP contribution in [0.5, 0.6) is 5.75 Å². The van der Waals surface area contributed by atoms with Gasteiger partial charge in [0.15, 0.2) is 11.0 Å². The number of hydrogen-bond donors (Lipinski definition) is 0. The number of para-hydroxylation sites is 1. The standard InChI is InChI=1S/C27H24N4O3S2/c1-3-18-35-27-29-28-26(31(27)20-14-16-21(17-15-20)34-4-2)24-19-30(25-13-9-8-12-23(24)25)36(32,33)22-10-6-5-7-11-22/h3,5-17,19H,1,4,18H2,2H3. The highest BCUT2D eigenvalue weighted by atomic mass is 32.2. The molecular weight excluding hydrogens is 492 g/mol. The predicted molar refractivity (Wildman–Crippen MR) is 143 cm³/mol. The first-order valence-corrected chi connectivity index (χ1v) is 13.8. The molecule has 0 unspecified atom stereocenters. The number of aromatic nitrogens is 4. The molecule has 0 saturated carbocycles. The zero-order chi connectivity index (χ0) is 25.1. The largest absolute Gasteiger partial charge is 0.494 e. The first-order chi connectivity index (χ1) is 17.5. The van der Waals surface area contributed by atoms with Crippen molar-refractivity contribution < 1.29 is 13.2 Å². The molecule has 0 atom stereocenters. The highest BCUT2D eigenvalue weighted by molar-refractivity contribution is 7.99. The van der Waals surface area contributed by atoms with Crippen LogP contribution in [-0.4, -0.2) is 39.5 Å². The summed E-state index contributed by atoms with van der Waals surface area (Å²) < 4.78 is 36.0. The molecule has 0 bridgehead atoms. The minimum absolute atomic E-state index is 0.215. The molecule has 0 aliphatic heterocycles. The molecule has 36 heavy (non-hydrogen) atoms. The molecule has 0 radical (unpaired) electrons. The third kappa shape index (κ3) is 4.31. The average molecular weight is 517 g/mol. The van der Waals surface area contributed by atoms with Gasteiger partial charge in [0.1, 0.15) is 5.75 Å². The molecule has 9 heteroatoms. The van der Waals surface area contributed by atoms with Gasteiger partial charge in [-0.15, -0.1) is 16.8 Å². The number of nitrogens with zero attached hydrogens (tertiary/aromatic N) is 4. The molecule has 5 aromatic rings. The van der Waals surface area contributed by atoms with Crippen LogP contribution in [0.2, 0.25) is 0 Å². The quantitative estimate of drug-likeness (QED) is 0.182. The van der Waals surface area contributed by atoms with Gasteiger partial charge in [-0.3, -0.25) is 4.57 Å². The monoisotopic (exact) mass is 516 g/mol. The fraction of sp³-hybridized carbons (Fsp3) is 0.111. The first-order valence-electron chi connectivity index (χ1n) is 11.4. The van der Waals surface area contributed by atoms with E-state index in [4.69, 9.17) is 4.74 Å². The van der Waals surface area contributed by atoms with Gasteiger partial charge in [0.05, 0.1) is 17.0 Å². The van der Waals surface area contributed by atoms with Crippen molar-refractivity contribution in [3.63, 3.8) is 0 Å². The Hall–Kier alpha value is -3.82. The van der Waals surface area contributed by atoms with Crippen molar-refractivity contribution in [3.8, 4) is 22.8 Å². The Labute approximate surface area is 214 Å². The molecule has 0 aliphatic rings. The number of hydrogen-bond acceptors (Lipinski definition) is 6. The fourth-order valence-corrected chi connectivity index (χ4v) is 6.07. The summed E-state index contributed by atoms with van der Waals surface area (Å²) in [4.78, 5) is 0.215. The molecule has 0 N–H and O–H groups in total. The summed E-state index contributed by atoms with van der Waals surface area (Å²) in [7, 11) is -3.83. The minimum atomic E-state index is -3.83. The maximum atomic E-state index is 13.6. The van der Waals surface area contributed by atoms with Gasteiger partial charge in [-0.25, -0.2) is 12.4 Å². The highest BCUT2D eigenvalue weighted by Crippen LogP contribution is 2.35. The summed E-state index contributed by atoms with van der Waals surface area (Å²) >= 11 is 1.50. The SMILES string of the molecule is C=CCSc1nnc(-c2cn(S(=O)(=O)c3ccccc3)c3ccccc23)n1-c1ccc(OCC)cc1. The van der Waals surface area contributed by atoms with E-state index in [0.29, 0.717) is 34.4 Å². The number of ether oxygens (including phenoxy) is 1. The number of rotatable bonds is 9. The lowest BCUT2D eigenvalue weighted by molar-refractivity contribution is 0.340. The molecular formula is C27H24N4O3S2. The normalized spacial score (nSPS) is 11.6. The van der Waals surface area contributed by atoms with E-state index >= 15 is 0 Å². The van der Waals surface area contributed by atoms with E-state index in [1.54, 1.807) is 48.7 Å². The molecule has 0 aliphatic carbocycles. The molecule has 2 heterocycles. The Morgan fingerprint density at radius 3 is 2.42 bits per heavy atom. The summed E-state index contributed by atoms with van der Waals surface area (Å²) in [6.45, 7) is 6.33. The summed E-state index contributed by atoms with van der Waals surface area (Å²) in [5.74, 6) is 1.96. The summed E-state index contributed by atoms with van der Waals surface area (Å²) in [6, 6.07) is 23.5. The van der Waals surface area contributed by atoms with E-state index in [9.17, 15) is 8.42 Å². The third-order valence-corrected chi connectivity index (χ3v) is 8.20. The molecule has 0 spiro atoms. The Morgan fingerprint density at radius 2 is 1.69 bits per heavy atom. The second-order valence-corrected chi connectivity index (χ2v) is 10.6. The lowest BCUT2D eigenvalue weighted by atomic mass is 10.1. The average Bonchev–Trinajstić information content (AvgIpc) is 3.50. The second kappa shape index (κ2) is 10.0. The van der Waals surface area contributed by atoms with Crippen LogP contribution in [-0.2, 0) is 10.0 Å². The van der Waals surface area contributed by atoms with Crippen molar-refractivity contribution in [2.24, 2.45) is 0 Å². The maximum absolute atomic E-state index is 13.6. The van der Waals surface area contributed by atoms with Gasteiger partial charge in [-0.1, -0.05) is 54.2 Å². The van der Waals surface area contributed by atoms with E-state index in [2.05, 4.69) is 16.8 Å². The summed E-state index contributed by atoms with van der Waals surface area (Å²) in [5, 5.41) is 10.4. The van der Waals surface area contributed by atoms with Crippen LogP contribution >= 0.6 is 11.8 Å². The zero-order valence-corrected chi connectivity index (χ0v) is 21.2. The number of fused-ring (bicyclic) bond motifs is 1. The third-order valence-electron chi connectivity index (χ3n) is 5.59. The molecule has 0 amide bonds. The van der Waals surface area contributed by atoms with Gasteiger partial charge < -0.3 is 4.74 Å². The van der Waals surface area contributed by atoms with Gasteiger partial charge in [0.25, 0.3) is 10.0 Å². The van der Waals surface area contributed by atoms with Gasteiger partial charge in [0, 0.05) is 28.6 Å². The number of benzene rings is 3. The molecule has 0 fully saturated rings. The maximum Gasteiger partial charge on any atom is 0.268 e. The van der Waals surface area contributed by atoms with Crippen molar-refractivity contribution in [2.45, 2.75) is 17.0 Å². The second-order valence-electron chi connectivity index (χ2n) is 7.84. The lowest BCUT2D eigenvalue weighted by Crippen LogP contribution is -2.11. The van der Waals surface area contributed by atoms with Crippen LogP contribution in [0.3, 0.4) is 0 Å². The Bertz CT molecular complexity index is 1620. The summed E-state index contributed by atoms with van der Waals surface area (Å²) in [6.07, 6.45) is 3.43. The topological polar surface area (TPSA) is 79.0 Å². The number of thioether (sulfide) groups is 1. The van der Waals surface area contributed by atoms with Crippen LogP contribution in [0.25, 0.3) is 28.0 Å². The lowest BCUT2D eigenvalue weighted by Gasteiger charge is -2.11. The van der Waals surface area contributed by atoms with E-state index in [1.165, 1.54) is 15.7 Å². The van der Waals surface area contributed by atoms with E-state index < -0.39 is 10.0 Å². The van der Waals surface area contributed by atoms with Crippen LogP contribution in [0.15, 0.2) is 108 Å². The van der Waals surface area contributed by atoms with Gasteiger partial charge in [-0.2, -0.15) is 0 Å². The summed E-state index contributed by atoms with van der Waals surface area (Å²) in [5.41, 5.74) is 2.07. The van der Waals surface area contributed by atoms with E-state index in [-0.39, 0.29) is 4.90 Å². The van der Waals surface area contributed by atoms with Crippen LogP contribution in [0.1, 0.15) is 6.92 Å². The first kappa shape index (κ1) is 23.9. The van der Waals surface area contributed by atoms with Crippen LogP contribution < -0.4 is 4.74 Å². The van der Waals surface area contributed by atoms with E-state index in [1.807, 2.05) is 54.0 Å². The van der Waals surface area contributed by atoms with Crippen molar-refractivity contribution in [2.75, 3.05) is 12.4 Å². The molecule has 182 valence electrons. The highest BCUT2D eigenvalue weighted by Gasteiger charge is 2.25. The Balaban J connectivity index is 1.72. The smallest absolute Gasteiger partial charge is 0.268 e. The van der Waals surface area contributed by atoms with Gasteiger partial charge >= 0.3 is 0 Å². The van der Waals surface area contributed by atoms with Gasteiger partial charge in [-0.05, 0) is 49.4 Å². The molecule has 3 aromatic carbocycles. The molecule has 2 aromatic heterocycles.